The highest BCUT2D eigenvalue weighted by molar-refractivity contribution is 9.10. The maximum Gasteiger partial charge on any atom is 0.0731 e. The van der Waals surface area contributed by atoms with Gasteiger partial charge in [-0.15, -0.1) is 0 Å². The molecule has 0 aliphatic heterocycles. The molecule has 1 heteroatoms. The lowest BCUT2D eigenvalue weighted by Gasteiger charge is -2.31. The molecule has 0 N–H and O–H groups in total. The highest BCUT2D eigenvalue weighted by Crippen LogP contribution is 2.64. The van der Waals surface area contributed by atoms with Crippen molar-refractivity contribution < 1.29 is 0 Å². The van der Waals surface area contributed by atoms with Gasteiger partial charge in [-0.25, -0.2) is 0 Å². The van der Waals surface area contributed by atoms with Crippen molar-refractivity contribution in [3.8, 4) is 33.4 Å². The fraction of sp³-hybridized carbons (Fsp3) is 0.0286. The minimum Gasteiger partial charge on any atom is -0.0619 e. The molecule has 1 spiro atoms. The van der Waals surface area contributed by atoms with E-state index < -0.39 is 0 Å². The van der Waals surface area contributed by atoms with Crippen LogP contribution in [0, 0.1) is 0 Å². The second kappa shape index (κ2) is 7.29. The Labute approximate surface area is 219 Å². The van der Waals surface area contributed by atoms with Crippen molar-refractivity contribution in [2.45, 2.75) is 5.41 Å². The summed E-state index contributed by atoms with van der Waals surface area (Å²) in [7, 11) is 0. The highest BCUT2D eigenvalue weighted by Gasteiger charge is 2.52. The summed E-state index contributed by atoms with van der Waals surface area (Å²) in [5.74, 6) is 0. The fourth-order valence-electron chi connectivity index (χ4n) is 6.74. The van der Waals surface area contributed by atoms with Gasteiger partial charge in [0.15, 0.2) is 0 Å². The summed E-state index contributed by atoms with van der Waals surface area (Å²) in [6.45, 7) is 0. The first kappa shape index (κ1) is 20.3. The Balaban J connectivity index is 1.56. The molecular formula is C35H21Br. The standard InChI is InChI=1S/C35H21Br/c36-25-17-13-22(14-18-25)24-16-19-29-30-20-15-23-7-1-2-8-26(23)34(30)35(33(29)21-24)31-11-5-3-9-27(31)28-10-4-6-12-32(28)35/h1-21H. The Morgan fingerprint density at radius 2 is 1.03 bits per heavy atom. The monoisotopic (exact) mass is 520 g/mol. The molecule has 0 heterocycles. The van der Waals surface area contributed by atoms with Crippen LogP contribution in [0.4, 0.5) is 0 Å². The molecule has 0 aromatic heterocycles. The molecule has 0 fully saturated rings. The van der Waals surface area contributed by atoms with Crippen LogP contribution < -0.4 is 0 Å². The molecule has 0 nitrogen and oxygen atoms in total. The van der Waals surface area contributed by atoms with Gasteiger partial charge in [0, 0.05) is 4.47 Å². The summed E-state index contributed by atoms with van der Waals surface area (Å²) >= 11 is 3.59. The molecule has 0 saturated heterocycles. The van der Waals surface area contributed by atoms with Crippen molar-refractivity contribution in [2.75, 3.05) is 0 Å². The Kier molecular flexibility index (Phi) is 4.10. The van der Waals surface area contributed by atoms with Gasteiger partial charge < -0.3 is 0 Å². The van der Waals surface area contributed by atoms with Crippen LogP contribution in [0.15, 0.2) is 132 Å². The van der Waals surface area contributed by atoms with Crippen LogP contribution in [0.5, 0.6) is 0 Å². The maximum absolute atomic E-state index is 3.59. The zero-order valence-electron chi connectivity index (χ0n) is 19.5. The smallest absolute Gasteiger partial charge is 0.0619 e. The van der Waals surface area contributed by atoms with Crippen molar-refractivity contribution in [2.24, 2.45) is 0 Å². The Bertz CT molecular complexity index is 1800. The molecule has 0 radical (unpaired) electrons. The van der Waals surface area contributed by atoms with Gasteiger partial charge in [-0.3, -0.25) is 0 Å². The van der Waals surface area contributed by atoms with Crippen molar-refractivity contribution in [3.63, 3.8) is 0 Å². The lowest BCUT2D eigenvalue weighted by atomic mass is 9.69. The molecule has 36 heavy (non-hydrogen) atoms. The summed E-state index contributed by atoms with van der Waals surface area (Å²) in [6.07, 6.45) is 0. The van der Waals surface area contributed by atoms with E-state index in [1.807, 2.05) is 0 Å². The van der Waals surface area contributed by atoms with E-state index in [0.29, 0.717) is 0 Å². The number of rotatable bonds is 1. The van der Waals surface area contributed by atoms with E-state index in [2.05, 4.69) is 143 Å². The first-order chi connectivity index (χ1) is 17.8. The summed E-state index contributed by atoms with van der Waals surface area (Å²) in [5.41, 5.74) is 13.1. The lowest BCUT2D eigenvalue weighted by Crippen LogP contribution is -2.26. The van der Waals surface area contributed by atoms with Crippen LogP contribution in [0.25, 0.3) is 44.2 Å². The van der Waals surface area contributed by atoms with E-state index in [-0.39, 0.29) is 5.41 Å². The van der Waals surface area contributed by atoms with Gasteiger partial charge in [0.25, 0.3) is 0 Å². The third-order valence-electron chi connectivity index (χ3n) is 8.15. The van der Waals surface area contributed by atoms with Gasteiger partial charge in [0.05, 0.1) is 5.41 Å². The Morgan fingerprint density at radius 1 is 0.444 bits per heavy atom. The minimum absolute atomic E-state index is 0.343. The number of benzene rings is 6. The molecule has 0 bridgehead atoms. The normalized spacial score (nSPS) is 13.9. The number of hydrogen-bond donors (Lipinski definition) is 0. The molecule has 2 aliphatic rings. The third kappa shape index (κ3) is 2.49. The van der Waals surface area contributed by atoms with Gasteiger partial charge in [0.1, 0.15) is 0 Å². The Hall–Kier alpha value is -3.94. The second-order valence-electron chi connectivity index (χ2n) is 9.82. The number of hydrogen-bond acceptors (Lipinski definition) is 0. The van der Waals surface area contributed by atoms with Crippen LogP contribution in [-0.4, -0.2) is 0 Å². The van der Waals surface area contributed by atoms with Gasteiger partial charge >= 0.3 is 0 Å². The lowest BCUT2D eigenvalue weighted by molar-refractivity contribution is 0.801. The zero-order chi connectivity index (χ0) is 23.9. The van der Waals surface area contributed by atoms with E-state index in [0.717, 1.165) is 4.47 Å². The van der Waals surface area contributed by atoms with E-state index in [9.17, 15) is 0 Å². The quantitative estimate of drug-likeness (QED) is 0.202. The van der Waals surface area contributed by atoms with E-state index >= 15 is 0 Å². The van der Waals surface area contributed by atoms with Gasteiger partial charge in [-0.2, -0.15) is 0 Å². The van der Waals surface area contributed by atoms with Crippen LogP contribution in [0.1, 0.15) is 22.3 Å². The van der Waals surface area contributed by atoms with Crippen LogP contribution >= 0.6 is 15.9 Å². The molecule has 0 atom stereocenters. The average Bonchev–Trinajstić information content (AvgIpc) is 3.40. The predicted octanol–water partition coefficient (Wildman–Crippen LogP) is 9.61. The predicted molar refractivity (Wildman–Crippen MR) is 153 cm³/mol. The second-order valence-corrected chi connectivity index (χ2v) is 10.7. The van der Waals surface area contributed by atoms with E-state index in [1.54, 1.807) is 0 Å². The van der Waals surface area contributed by atoms with Crippen molar-refractivity contribution >= 4 is 26.7 Å². The summed E-state index contributed by atoms with van der Waals surface area (Å²) in [4.78, 5) is 0. The van der Waals surface area contributed by atoms with Crippen LogP contribution in [0.2, 0.25) is 0 Å². The summed E-state index contributed by atoms with van der Waals surface area (Å²) < 4.78 is 1.10. The molecule has 8 rings (SSSR count). The third-order valence-corrected chi connectivity index (χ3v) is 8.68. The van der Waals surface area contributed by atoms with Gasteiger partial charge in [-0.1, -0.05) is 125 Å². The van der Waals surface area contributed by atoms with Crippen LogP contribution in [-0.2, 0) is 5.41 Å². The molecule has 0 unspecified atom stereocenters. The molecule has 0 saturated carbocycles. The highest BCUT2D eigenvalue weighted by atomic mass is 79.9. The number of fused-ring (bicyclic) bond motifs is 12. The topological polar surface area (TPSA) is 0 Å². The first-order valence-electron chi connectivity index (χ1n) is 12.4. The summed E-state index contributed by atoms with van der Waals surface area (Å²) in [6, 6.07) is 47.3. The van der Waals surface area contributed by atoms with E-state index in [4.69, 9.17) is 0 Å². The first-order valence-corrected chi connectivity index (χ1v) is 13.2. The van der Waals surface area contributed by atoms with Crippen LogP contribution in [0.3, 0.4) is 0 Å². The molecule has 2 aliphatic carbocycles. The van der Waals surface area contributed by atoms with Crippen molar-refractivity contribution in [1.29, 1.82) is 0 Å². The molecular weight excluding hydrogens is 500 g/mol. The SMILES string of the molecule is Brc1ccc(-c2ccc3c(c2)C2(c4ccccc4-c4ccccc42)c2c-3ccc3ccccc23)cc1. The Morgan fingerprint density at radius 3 is 1.78 bits per heavy atom. The molecule has 0 amide bonds. The average molecular weight is 521 g/mol. The van der Waals surface area contributed by atoms with Crippen molar-refractivity contribution in [3.05, 3.63) is 154 Å². The number of halogens is 1. The van der Waals surface area contributed by atoms with Gasteiger partial charge in [0.2, 0.25) is 0 Å². The largest absolute Gasteiger partial charge is 0.0731 e. The molecule has 6 aromatic carbocycles. The molecule has 168 valence electrons. The van der Waals surface area contributed by atoms with Gasteiger partial charge in [-0.05, 0) is 84.6 Å². The fourth-order valence-corrected chi connectivity index (χ4v) is 7.00. The van der Waals surface area contributed by atoms with Crippen molar-refractivity contribution in [1.82, 2.24) is 0 Å². The summed E-state index contributed by atoms with van der Waals surface area (Å²) in [5, 5.41) is 2.63. The zero-order valence-corrected chi connectivity index (χ0v) is 21.1. The van der Waals surface area contributed by atoms with E-state index in [1.165, 1.54) is 66.4 Å². The maximum atomic E-state index is 3.59. The minimum atomic E-state index is -0.343. The molecule has 6 aromatic rings.